The van der Waals surface area contributed by atoms with Crippen LogP contribution in [0.3, 0.4) is 0 Å². The van der Waals surface area contributed by atoms with Crippen LogP contribution in [0, 0.1) is 0 Å². The number of ether oxygens (including phenoxy) is 1. The highest BCUT2D eigenvalue weighted by molar-refractivity contribution is 7.47. The summed E-state index contributed by atoms with van der Waals surface area (Å²) in [5.74, 6) is -0.563. The largest absolute Gasteiger partial charge is 0.472 e. The molecule has 0 aromatic heterocycles. The van der Waals surface area contributed by atoms with Gasteiger partial charge in [0.25, 0.3) is 0 Å². The molecule has 1 amide bonds. The Labute approximate surface area is 399 Å². The van der Waals surface area contributed by atoms with Crippen molar-refractivity contribution in [2.24, 2.45) is 0 Å². The molecule has 0 radical (unpaired) electrons. The molecule has 0 fully saturated rings. The second-order valence-electron chi connectivity index (χ2n) is 18.5. The van der Waals surface area contributed by atoms with Crippen LogP contribution in [0.4, 0.5) is 0 Å². The van der Waals surface area contributed by atoms with E-state index < -0.39 is 20.0 Å². The fourth-order valence-electron chi connectivity index (χ4n) is 6.97. The van der Waals surface area contributed by atoms with E-state index in [0.29, 0.717) is 17.4 Å². The minimum atomic E-state index is -4.45. The van der Waals surface area contributed by atoms with Crippen LogP contribution in [-0.2, 0) is 27.9 Å². The molecule has 9 nitrogen and oxygen atoms in total. The number of nitrogens with zero attached hydrogens (tertiary/aromatic N) is 1. The summed E-state index contributed by atoms with van der Waals surface area (Å²) in [7, 11) is 1.45. The van der Waals surface area contributed by atoms with Crippen molar-refractivity contribution >= 4 is 19.7 Å². The van der Waals surface area contributed by atoms with Gasteiger partial charge in [-0.1, -0.05) is 222 Å². The predicted octanol–water partition coefficient (Wildman–Crippen LogP) is 15.1. The molecule has 0 aliphatic carbocycles. The molecule has 374 valence electrons. The average Bonchev–Trinajstić information content (AvgIpc) is 3.26. The zero-order chi connectivity index (χ0) is 48.0. The van der Waals surface area contributed by atoms with Crippen molar-refractivity contribution in [2.45, 2.75) is 213 Å². The minimum absolute atomic E-state index is 0.0279. The highest BCUT2D eigenvalue weighted by atomic mass is 31.2. The van der Waals surface area contributed by atoms with E-state index in [1.807, 2.05) is 94.1 Å². The lowest BCUT2D eigenvalue weighted by atomic mass is 10.0. The number of quaternary nitrogens is 1. The van der Waals surface area contributed by atoms with E-state index in [1.54, 1.807) is 0 Å². The smallest absolute Gasteiger partial charge is 0.456 e. The molecule has 0 aliphatic rings. The molecular weight excluding hydrogens is 832 g/mol. The number of carbonyl (C=O) groups is 2. The number of esters is 1. The van der Waals surface area contributed by atoms with Gasteiger partial charge < -0.3 is 19.4 Å². The summed E-state index contributed by atoms with van der Waals surface area (Å²) in [4.78, 5) is 37.4. The van der Waals surface area contributed by atoms with Gasteiger partial charge in [0.05, 0.1) is 33.8 Å². The predicted molar refractivity (Wildman–Crippen MR) is 277 cm³/mol. The van der Waals surface area contributed by atoms with Crippen molar-refractivity contribution in [3.8, 4) is 0 Å². The monoisotopic (exact) mass is 930 g/mol. The molecule has 3 unspecified atom stereocenters. The van der Waals surface area contributed by atoms with Crippen LogP contribution in [0.15, 0.2) is 85.1 Å². The van der Waals surface area contributed by atoms with Gasteiger partial charge in [0, 0.05) is 12.8 Å². The lowest BCUT2D eigenvalue weighted by Crippen LogP contribution is -2.47. The summed E-state index contributed by atoms with van der Waals surface area (Å²) in [5, 5.41) is 3.01. The number of rotatable bonds is 45. The van der Waals surface area contributed by atoms with Crippen molar-refractivity contribution in [1.82, 2.24) is 5.32 Å². The van der Waals surface area contributed by atoms with Crippen molar-refractivity contribution < 1.29 is 37.3 Å². The molecule has 0 bridgehead atoms. The molecule has 0 heterocycles. The zero-order valence-corrected chi connectivity index (χ0v) is 43.3. The molecule has 0 aromatic carbocycles. The second kappa shape index (κ2) is 45.0. The summed E-state index contributed by atoms with van der Waals surface area (Å²) < 4.78 is 30.4. The molecule has 0 saturated carbocycles. The van der Waals surface area contributed by atoms with Crippen LogP contribution in [0.1, 0.15) is 201 Å². The standard InChI is InChI=1S/C55H97N2O7P/c1-7-10-13-16-19-22-25-26-27-28-29-30-33-35-38-41-44-47-54(58)56-52(51-63-65(60,61)62-50-49-57(4,5)6)53(46-43-40-37-34-31-23-20-17-14-11-8-2)64-55(59)48-45-42-39-36-32-24-21-18-15-12-9-3/h10,13,16,19,22,25-30,33,43,46,52-53H,7-9,11-12,14-15,17-18,20-21,23-24,31-32,34-42,44-45,47-51H2,1-6H3,(H-,56,58,60,61)/p+1/b13-10-,19-16+,25-22+,27-26-,29-28+,33-30+,46-43-. The zero-order valence-electron chi connectivity index (χ0n) is 42.4. The Morgan fingerprint density at radius 3 is 1.49 bits per heavy atom. The third-order valence-electron chi connectivity index (χ3n) is 11.0. The van der Waals surface area contributed by atoms with Gasteiger partial charge in [-0.2, -0.15) is 0 Å². The van der Waals surface area contributed by atoms with Gasteiger partial charge in [-0.05, 0) is 51.0 Å². The number of phosphoric ester groups is 1. The van der Waals surface area contributed by atoms with E-state index in [0.717, 1.165) is 64.2 Å². The van der Waals surface area contributed by atoms with Crippen LogP contribution in [0.2, 0.25) is 0 Å². The molecule has 10 heteroatoms. The third kappa shape index (κ3) is 46.1. The van der Waals surface area contributed by atoms with E-state index in [4.69, 9.17) is 13.8 Å². The van der Waals surface area contributed by atoms with Crippen LogP contribution in [0.5, 0.6) is 0 Å². The summed E-state index contributed by atoms with van der Waals surface area (Å²) in [6, 6.07) is -0.871. The number of nitrogens with one attached hydrogen (secondary N) is 1. The Morgan fingerprint density at radius 2 is 0.985 bits per heavy atom. The Kier molecular flexibility index (Phi) is 43.1. The molecule has 0 saturated heterocycles. The molecule has 65 heavy (non-hydrogen) atoms. The summed E-state index contributed by atoms with van der Waals surface area (Å²) in [6.07, 6.45) is 57.2. The molecule has 2 N–H and O–H groups in total. The van der Waals surface area contributed by atoms with Crippen molar-refractivity contribution in [2.75, 3.05) is 40.9 Å². The van der Waals surface area contributed by atoms with Gasteiger partial charge in [-0.3, -0.25) is 18.6 Å². The number of allylic oxidation sites excluding steroid dienone is 13. The maximum atomic E-state index is 13.4. The van der Waals surface area contributed by atoms with Crippen LogP contribution in [-0.4, -0.2) is 74.3 Å². The molecule has 0 aromatic rings. The van der Waals surface area contributed by atoms with Crippen LogP contribution >= 0.6 is 7.82 Å². The number of hydrogen-bond acceptors (Lipinski definition) is 6. The van der Waals surface area contributed by atoms with Gasteiger partial charge in [-0.25, -0.2) is 4.57 Å². The Bertz CT molecular complexity index is 1390. The minimum Gasteiger partial charge on any atom is -0.456 e. The number of likely N-dealkylation sites (N-methyl/N-ethyl adjacent to an activating group) is 1. The quantitative estimate of drug-likeness (QED) is 0.0156. The highest BCUT2D eigenvalue weighted by Crippen LogP contribution is 2.43. The van der Waals surface area contributed by atoms with Gasteiger partial charge in [-0.15, -0.1) is 0 Å². The Morgan fingerprint density at radius 1 is 0.554 bits per heavy atom. The normalized spacial score (nSPS) is 14.6. The second-order valence-corrected chi connectivity index (χ2v) is 19.9. The van der Waals surface area contributed by atoms with E-state index >= 15 is 0 Å². The van der Waals surface area contributed by atoms with E-state index in [9.17, 15) is 19.0 Å². The molecule has 0 aliphatic heterocycles. The first-order valence-electron chi connectivity index (χ1n) is 26.0. The van der Waals surface area contributed by atoms with E-state index in [1.165, 1.54) is 96.3 Å². The van der Waals surface area contributed by atoms with Crippen molar-refractivity contribution in [1.29, 1.82) is 0 Å². The van der Waals surface area contributed by atoms with Crippen LogP contribution in [0.25, 0.3) is 0 Å². The van der Waals surface area contributed by atoms with Crippen molar-refractivity contribution in [3.63, 3.8) is 0 Å². The average molecular weight is 930 g/mol. The molecule has 0 spiro atoms. The molecule has 3 atom stereocenters. The van der Waals surface area contributed by atoms with Gasteiger partial charge in [0.1, 0.15) is 19.3 Å². The van der Waals surface area contributed by atoms with Gasteiger partial charge in [0.2, 0.25) is 5.91 Å². The molecular formula is C55H98N2O7P+. The number of carbonyl (C=O) groups excluding carboxylic acids is 2. The van der Waals surface area contributed by atoms with E-state index in [2.05, 4.69) is 38.2 Å². The maximum Gasteiger partial charge on any atom is 0.472 e. The first kappa shape index (κ1) is 62.2. The number of phosphoric acid groups is 1. The first-order valence-corrected chi connectivity index (χ1v) is 27.5. The fraction of sp³-hybridized carbons (Fsp3) is 0.709. The summed E-state index contributed by atoms with van der Waals surface area (Å²) in [5.41, 5.74) is 0. The maximum absolute atomic E-state index is 13.4. The molecule has 0 rings (SSSR count). The SMILES string of the molecule is CC\C=C/C=C/C=C/C=C\C=C\C=C\CCCCCC(=O)NC(COP(=O)(O)OCC[N+](C)(C)C)C(/C=C\CCCCCCCCCCC)OC(=O)CCCCCCCCCCCCC. The lowest BCUT2D eigenvalue weighted by molar-refractivity contribution is -0.870. The van der Waals surface area contributed by atoms with Gasteiger partial charge >= 0.3 is 13.8 Å². The highest BCUT2D eigenvalue weighted by Gasteiger charge is 2.30. The number of unbranched alkanes of at least 4 members (excludes halogenated alkanes) is 22. The summed E-state index contributed by atoms with van der Waals surface area (Å²) >= 11 is 0. The van der Waals surface area contributed by atoms with Crippen molar-refractivity contribution in [3.05, 3.63) is 85.1 Å². The van der Waals surface area contributed by atoms with Crippen LogP contribution < -0.4 is 5.32 Å². The van der Waals surface area contributed by atoms with Gasteiger partial charge in [0.15, 0.2) is 0 Å². The Balaban J connectivity index is 5.50. The Hall–Kier alpha value is -2.81. The number of hydrogen-bond donors (Lipinski definition) is 2. The van der Waals surface area contributed by atoms with E-state index in [-0.39, 0.29) is 37.9 Å². The lowest BCUT2D eigenvalue weighted by Gasteiger charge is -2.27. The number of amides is 1. The topological polar surface area (TPSA) is 111 Å². The fourth-order valence-corrected chi connectivity index (χ4v) is 7.71. The first-order chi connectivity index (χ1) is 31.4. The third-order valence-corrected chi connectivity index (χ3v) is 12.0. The summed E-state index contributed by atoms with van der Waals surface area (Å²) in [6.45, 7) is 6.79.